The van der Waals surface area contributed by atoms with E-state index >= 15 is 0 Å². The van der Waals surface area contributed by atoms with Crippen LogP contribution in [0.1, 0.15) is 11.1 Å². The number of nitrogens with zero attached hydrogens (tertiary/aromatic N) is 2. The second-order valence-corrected chi connectivity index (χ2v) is 2.59. The van der Waals surface area contributed by atoms with Crippen LogP contribution in [0.2, 0.25) is 5.02 Å². The fourth-order valence-electron chi connectivity index (χ4n) is 0.833. The molecule has 0 amide bonds. The Balaban J connectivity index is 3.38. The van der Waals surface area contributed by atoms with Crippen molar-refractivity contribution in [2.45, 2.75) is 0 Å². The van der Waals surface area contributed by atoms with E-state index in [9.17, 15) is 4.39 Å². The van der Waals surface area contributed by atoms with Crippen LogP contribution in [0.25, 0.3) is 0 Å². The monoisotopic (exact) mass is 198 g/mol. The molecule has 0 unspecified atom stereocenters. The third-order valence-corrected chi connectivity index (χ3v) is 1.74. The maximum atomic E-state index is 13.2. The van der Waals surface area contributed by atoms with Crippen LogP contribution in [0.4, 0.5) is 4.39 Å². The zero-order valence-corrected chi connectivity index (χ0v) is 7.09. The molecule has 0 aromatic heterocycles. The van der Waals surface area contributed by atoms with Gasteiger partial charge in [-0.05, 0) is 12.1 Å². The summed E-state index contributed by atoms with van der Waals surface area (Å²) in [6.07, 6.45) is 0.895. The summed E-state index contributed by atoms with van der Waals surface area (Å²) in [5.74, 6) is -0.784. The van der Waals surface area contributed by atoms with Crippen molar-refractivity contribution in [2.75, 3.05) is 0 Å². The molecule has 0 atom stereocenters. The highest BCUT2D eigenvalue weighted by molar-refractivity contribution is 6.31. The van der Waals surface area contributed by atoms with Crippen molar-refractivity contribution in [3.05, 3.63) is 34.1 Å². The molecule has 0 aliphatic rings. The van der Waals surface area contributed by atoms with Crippen LogP contribution in [0, 0.1) is 17.1 Å². The molecule has 0 aliphatic heterocycles. The first-order chi connectivity index (χ1) is 6.20. The number of hydrogen-bond acceptors (Lipinski definition) is 3. The first-order valence-corrected chi connectivity index (χ1v) is 3.64. The van der Waals surface area contributed by atoms with Crippen LogP contribution in [-0.2, 0) is 0 Å². The maximum Gasteiger partial charge on any atom is 0.151 e. The van der Waals surface area contributed by atoms with Gasteiger partial charge in [0.2, 0.25) is 0 Å². The second-order valence-electron chi connectivity index (χ2n) is 2.18. The maximum absolute atomic E-state index is 13.2. The minimum absolute atomic E-state index is 0.0171. The number of rotatable bonds is 1. The lowest BCUT2D eigenvalue weighted by atomic mass is 10.1. The van der Waals surface area contributed by atoms with Crippen LogP contribution >= 0.6 is 11.6 Å². The predicted molar refractivity (Wildman–Crippen MR) is 45.5 cm³/mol. The van der Waals surface area contributed by atoms with Gasteiger partial charge in [0.15, 0.2) is 5.82 Å². The van der Waals surface area contributed by atoms with Crippen molar-refractivity contribution in [1.82, 2.24) is 0 Å². The van der Waals surface area contributed by atoms with E-state index in [2.05, 4.69) is 5.16 Å². The van der Waals surface area contributed by atoms with Gasteiger partial charge >= 0.3 is 0 Å². The number of halogens is 2. The SMILES string of the molecule is N#Cc1c(Cl)ccc(/C=N/O)c1F. The number of nitriles is 1. The summed E-state index contributed by atoms with van der Waals surface area (Å²) in [5, 5.41) is 19.4. The number of benzene rings is 1. The summed E-state index contributed by atoms with van der Waals surface area (Å²) in [5.41, 5.74) is -0.234. The molecule has 1 rings (SSSR count). The van der Waals surface area contributed by atoms with Gasteiger partial charge in [0.1, 0.15) is 11.6 Å². The Labute approximate surface area is 78.7 Å². The van der Waals surface area contributed by atoms with Crippen LogP contribution in [0.5, 0.6) is 0 Å². The Kier molecular flexibility index (Phi) is 2.83. The Morgan fingerprint density at radius 2 is 2.31 bits per heavy atom. The normalized spacial score (nSPS) is 10.2. The third-order valence-electron chi connectivity index (χ3n) is 1.43. The van der Waals surface area contributed by atoms with E-state index in [1.165, 1.54) is 12.1 Å². The first-order valence-electron chi connectivity index (χ1n) is 3.26. The highest BCUT2D eigenvalue weighted by atomic mass is 35.5. The summed E-state index contributed by atoms with van der Waals surface area (Å²) in [7, 11) is 0. The highest BCUT2D eigenvalue weighted by Crippen LogP contribution is 2.20. The molecule has 0 bridgehead atoms. The average Bonchev–Trinajstić information content (AvgIpc) is 2.11. The van der Waals surface area contributed by atoms with Crippen LogP contribution in [0.15, 0.2) is 17.3 Å². The fourth-order valence-corrected chi connectivity index (χ4v) is 1.02. The van der Waals surface area contributed by atoms with Gasteiger partial charge in [0.05, 0.1) is 11.2 Å². The topological polar surface area (TPSA) is 56.4 Å². The summed E-state index contributed by atoms with van der Waals surface area (Å²) in [6, 6.07) is 4.29. The molecule has 3 nitrogen and oxygen atoms in total. The minimum Gasteiger partial charge on any atom is -0.411 e. The molecule has 1 aromatic carbocycles. The van der Waals surface area contributed by atoms with E-state index in [-0.39, 0.29) is 16.1 Å². The molecule has 0 saturated carbocycles. The van der Waals surface area contributed by atoms with Gasteiger partial charge < -0.3 is 5.21 Å². The van der Waals surface area contributed by atoms with Crippen LogP contribution in [-0.4, -0.2) is 11.4 Å². The molecule has 0 radical (unpaired) electrons. The summed E-state index contributed by atoms with van der Waals surface area (Å²) < 4.78 is 13.2. The standard InChI is InChI=1S/C8H4ClFN2O/c9-7-2-1-5(4-12-13)8(10)6(7)3-11/h1-2,4,13H/b12-4+. The molecule has 0 spiro atoms. The van der Waals surface area contributed by atoms with Crippen molar-refractivity contribution >= 4 is 17.8 Å². The van der Waals surface area contributed by atoms with Gasteiger partial charge in [0, 0.05) is 5.56 Å². The molecule has 0 saturated heterocycles. The average molecular weight is 199 g/mol. The van der Waals surface area contributed by atoms with E-state index in [0.717, 1.165) is 6.21 Å². The van der Waals surface area contributed by atoms with E-state index < -0.39 is 5.82 Å². The van der Waals surface area contributed by atoms with Gasteiger partial charge in [-0.25, -0.2) is 4.39 Å². The van der Waals surface area contributed by atoms with E-state index in [1.54, 1.807) is 6.07 Å². The summed E-state index contributed by atoms with van der Waals surface area (Å²) in [6.45, 7) is 0. The summed E-state index contributed by atoms with van der Waals surface area (Å²) in [4.78, 5) is 0. The molecule has 1 N–H and O–H groups in total. The van der Waals surface area contributed by atoms with Gasteiger partial charge in [-0.15, -0.1) is 0 Å². The lowest BCUT2D eigenvalue weighted by Crippen LogP contribution is -1.93. The van der Waals surface area contributed by atoms with Crippen LogP contribution < -0.4 is 0 Å². The molecule has 0 aliphatic carbocycles. The van der Waals surface area contributed by atoms with Crippen molar-refractivity contribution in [1.29, 1.82) is 5.26 Å². The lowest BCUT2D eigenvalue weighted by molar-refractivity contribution is 0.321. The van der Waals surface area contributed by atoms with Crippen molar-refractivity contribution < 1.29 is 9.60 Å². The minimum atomic E-state index is -0.784. The van der Waals surface area contributed by atoms with Crippen molar-refractivity contribution in [2.24, 2.45) is 5.16 Å². The quantitative estimate of drug-likeness (QED) is 0.427. The fraction of sp³-hybridized carbons (Fsp3) is 0. The van der Waals surface area contributed by atoms with Gasteiger partial charge in [-0.2, -0.15) is 5.26 Å². The summed E-state index contributed by atoms with van der Waals surface area (Å²) >= 11 is 5.53. The predicted octanol–water partition coefficient (Wildman–Crippen LogP) is 2.16. The number of oxime groups is 1. The first kappa shape index (κ1) is 9.49. The highest BCUT2D eigenvalue weighted by Gasteiger charge is 2.10. The second kappa shape index (κ2) is 3.87. The van der Waals surface area contributed by atoms with Gasteiger partial charge in [-0.3, -0.25) is 0 Å². The van der Waals surface area contributed by atoms with Crippen molar-refractivity contribution in [3.63, 3.8) is 0 Å². The molecule has 5 heteroatoms. The molecule has 0 fully saturated rings. The molecule has 1 aromatic rings. The zero-order chi connectivity index (χ0) is 9.84. The largest absolute Gasteiger partial charge is 0.411 e. The Morgan fingerprint density at radius 1 is 1.62 bits per heavy atom. The van der Waals surface area contributed by atoms with Crippen LogP contribution in [0.3, 0.4) is 0 Å². The van der Waals surface area contributed by atoms with Gasteiger partial charge in [0.25, 0.3) is 0 Å². The van der Waals surface area contributed by atoms with Crippen molar-refractivity contribution in [3.8, 4) is 6.07 Å². The smallest absolute Gasteiger partial charge is 0.151 e. The third kappa shape index (κ3) is 1.76. The number of hydrogen-bond donors (Lipinski definition) is 1. The van der Waals surface area contributed by atoms with Gasteiger partial charge in [-0.1, -0.05) is 16.8 Å². The molecule has 0 heterocycles. The Bertz CT molecular complexity index is 398. The Hall–Kier alpha value is -1.60. The Morgan fingerprint density at radius 3 is 2.85 bits per heavy atom. The molecular weight excluding hydrogens is 195 g/mol. The lowest BCUT2D eigenvalue weighted by Gasteiger charge is -1.99. The molecular formula is C8H4ClFN2O. The molecule has 13 heavy (non-hydrogen) atoms. The zero-order valence-electron chi connectivity index (χ0n) is 6.33. The molecule has 66 valence electrons. The van der Waals surface area contributed by atoms with E-state index in [1.807, 2.05) is 0 Å². The van der Waals surface area contributed by atoms with E-state index in [4.69, 9.17) is 22.1 Å². The van der Waals surface area contributed by atoms with E-state index in [0.29, 0.717) is 0 Å².